The number of ether oxygens (including phenoxy) is 1. The first-order valence-corrected chi connectivity index (χ1v) is 9.07. The van der Waals surface area contributed by atoms with Gasteiger partial charge in [0.25, 0.3) is 0 Å². The van der Waals surface area contributed by atoms with Gasteiger partial charge < -0.3 is 18.0 Å². The fourth-order valence-electron chi connectivity index (χ4n) is 1.82. The molecule has 0 atom stereocenters. The molecule has 1 aromatic carbocycles. The van der Waals surface area contributed by atoms with Gasteiger partial charge in [-0.15, -0.1) is 0 Å². The van der Waals surface area contributed by atoms with Gasteiger partial charge in [0.1, 0.15) is 0 Å². The van der Waals surface area contributed by atoms with Gasteiger partial charge in [-0.1, -0.05) is 36.9 Å². The zero-order chi connectivity index (χ0) is 16.4. The van der Waals surface area contributed by atoms with Crippen LogP contribution in [0.2, 0.25) is 6.04 Å². The third-order valence-electron chi connectivity index (χ3n) is 3.13. The van der Waals surface area contributed by atoms with Crippen molar-refractivity contribution < 1.29 is 22.8 Å². The lowest BCUT2D eigenvalue weighted by Gasteiger charge is -2.26. The lowest BCUT2D eigenvalue weighted by Crippen LogP contribution is -2.43. The number of hydrogen-bond donors (Lipinski definition) is 0. The molecule has 0 aliphatic rings. The van der Waals surface area contributed by atoms with Crippen molar-refractivity contribution in [1.82, 2.24) is 0 Å². The summed E-state index contributed by atoms with van der Waals surface area (Å²) in [5.74, 6) is -0.382. The minimum atomic E-state index is -2.74. The van der Waals surface area contributed by atoms with Gasteiger partial charge in [-0.05, 0) is 18.9 Å². The van der Waals surface area contributed by atoms with E-state index in [1.54, 1.807) is 21.1 Å². The molecule has 0 aliphatic carbocycles. The predicted octanol–water partition coefficient (Wildman–Crippen LogP) is 2.94. The highest BCUT2D eigenvalue weighted by molar-refractivity contribution is 6.60. The highest BCUT2D eigenvalue weighted by atomic mass is 28.4. The Hall–Kier alpha value is -1.47. The molecule has 0 aliphatic heterocycles. The Labute approximate surface area is 133 Å². The van der Waals surface area contributed by atoms with Crippen LogP contribution in [0.4, 0.5) is 0 Å². The molecule has 0 unspecified atom stereocenters. The summed E-state index contributed by atoms with van der Waals surface area (Å²) in [7, 11) is 0.429. The number of carbonyl (C=O) groups is 1. The molecule has 0 saturated heterocycles. The molecule has 0 spiro atoms. The third-order valence-corrected chi connectivity index (χ3v) is 5.93. The Morgan fingerprint density at radius 1 is 1.18 bits per heavy atom. The molecule has 0 bridgehead atoms. The van der Waals surface area contributed by atoms with Crippen LogP contribution in [0, 0.1) is 0 Å². The Morgan fingerprint density at radius 2 is 1.82 bits per heavy atom. The van der Waals surface area contributed by atoms with Crippen molar-refractivity contribution in [2.75, 3.05) is 20.8 Å². The second-order valence-corrected chi connectivity index (χ2v) is 7.86. The molecule has 0 saturated carbocycles. The summed E-state index contributed by atoms with van der Waals surface area (Å²) in [5, 5.41) is 0. The maximum Gasteiger partial charge on any atom is 0.500 e. The molecule has 6 heteroatoms. The van der Waals surface area contributed by atoms with E-state index < -0.39 is 8.80 Å². The number of rotatable bonds is 10. The summed E-state index contributed by atoms with van der Waals surface area (Å²) < 4.78 is 22.0. The number of carbonyl (C=O) groups excluding carboxylic acids is 1. The predicted molar refractivity (Wildman–Crippen MR) is 86.2 cm³/mol. The van der Waals surface area contributed by atoms with Gasteiger partial charge in [0.05, 0.1) is 13.2 Å². The van der Waals surface area contributed by atoms with E-state index in [-0.39, 0.29) is 5.97 Å². The first-order chi connectivity index (χ1) is 10.5. The summed E-state index contributed by atoms with van der Waals surface area (Å²) >= 11 is 0. The lowest BCUT2D eigenvalue weighted by atomic mass is 10.2. The van der Waals surface area contributed by atoms with Gasteiger partial charge in [-0.3, -0.25) is 0 Å². The monoisotopic (exact) mass is 324 g/mol. The Morgan fingerprint density at radius 3 is 2.36 bits per heavy atom. The smallest absolute Gasteiger partial charge is 0.462 e. The van der Waals surface area contributed by atoms with Crippen molar-refractivity contribution in [3.05, 3.63) is 48.0 Å². The van der Waals surface area contributed by atoms with Crippen molar-refractivity contribution >= 4 is 14.8 Å². The summed E-state index contributed by atoms with van der Waals surface area (Å²) in [5.41, 5.74) is 1.45. The molecular weight excluding hydrogens is 300 g/mol. The van der Waals surface area contributed by atoms with E-state index in [4.69, 9.17) is 18.0 Å². The number of hydrogen-bond acceptors (Lipinski definition) is 5. The first-order valence-electron chi connectivity index (χ1n) is 7.14. The van der Waals surface area contributed by atoms with Gasteiger partial charge in [-0.2, -0.15) is 0 Å². The van der Waals surface area contributed by atoms with E-state index in [0.29, 0.717) is 31.3 Å². The van der Waals surface area contributed by atoms with Crippen molar-refractivity contribution in [3.8, 4) is 0 Å². The minimum Gasteiger partial charge on any atom is -0.462 e. The van der Waals surface area contributed by atoms with Crippen LogP contribution in [0.5, 0.6) is 0 Å². The highest BCUT2D eigenvalue weighted by Gasteiger charge is 2.38. The van der Waals surface area contributed by atoms with E-state index in [0.717, 1.165) is 5.56 Å². The normalized spacial score (nSPS) is 11.2. The van der Waals surface area contributed by atoms with Crippen LogP contribution in [0.15, 0.2) is 42.5 Å². The van der Waals surface area contributed by atoms with Crippen LogP contribution in [-0.4, -0.2) is 35.6 Å². The van der Waals surface area contributed by atoms with E-state index in [2.05, 4.69) is 6.58 Å². The largest absolute Gasteiger partial charge is 0.500 e. The number of esters is 1. The average molecular weight is 324 g/mol. The fraction of sp³-hybridized carbons (Fsp3) is 0.438. The second-order valence-electron chi connectivity index (χ2n) is 4.89. The SMILES string of the molecule is C=C(C)C(=O)OCCC[Si](OC)(OC)OCc1ccccc1. The molecule has 22 heavy (non-hydrogen) atoms. The van der Waals surface area contributed by atoms with Crippen LogP contribution in [0.1, 0.15) is 18.9 Å². The summed E-state index contributed by atoms with van der Waals surface area (Å²) in [4.78, 5) is 11.3. The average Bonchev–Trinajstić information content (AvgIpc) is 2.55. The molecular formula is C16H24O5Si. The molecule has 0 aromatic heterocycles. The van der Waals surface area contributed by atoms with Gasteiger partial charge in [0, 0.05) is 25.8 Å². The van der Waals surface area contributed by atoms with Crippen LogP contribution < -0.4 is 0 Å². The van der Waals surface area contributed by atoms with Gasteiger partial charge >= 0.3 is 14.8 Å². The zero-order valence-corrected chi connectivity index (χ0v) is 14.5. The van der Waals surface area contributed by atoms with Crippen molar-refractivity contribution in [2.45, 2.75) is 26.0 Å². The van der Waals surface area contributed by atoms with E-state index >= 15 is 0 Å². The molecule has 1 aromatic rings. The third kappa shape index (κ3) is 6.11. The summed E-state index contributed by atoms with van der Waals surface area (Å²) in [6.07, 6.45) is 0.613. The maximum atomic E-state index is 11.3. The molecule has 0 heterocycles. The van der Waals surface area contributed by atoms with E-state index in [1.165, 1.54) is 0 Å². The molecule has 0 radical (unpaired) electrons. The second kappa shape index (κ2) is 9.53. The lowest BCUT2D eigenvalue weighted by molar-refractivity contribution is -0.139. The first kappa shape index (κ1) is 18.6. The summed E-state index contributed by atoms with van der Waals surface area (Å²) in [6, 6.07) is 10.4. The van der Waals surface area contributed by atoms with E-state index in [1.807, 2.05) is 30.3 Å². The van der Waals surface area contributed by atoms with Crippen LogP contribution in [-0.2, 0) is 29.4 Å². The number of benzene rings is 1. The zero-order valence-electron chi connectivity index (χ0n) is 13.5. The minimum absolute atomic E-state index is 0.294. The summed E-state index contributed by atoms with van der Waals surface area (Å²) in [6.45, 7) is 5.88. The van der Waals surface area contributed by atoms with Crippen LogP contribution in [0.25, 0.3) is 0 Å². The molecule has 0 fully saturated rings. The topological polar surface area (TPSA) is 54.0 Å². The molecule has 0 amide bonds. The Bertz CT molecular complexity index is 471. The Balaban J connectivity index is 2.45. The van der Waals surface area contributed by atoms with Crippen molar-refractivity contribution in [3.63, 3.8) is 0 Å². The quantitative estimate of drug-likeness (QED) is 0.287. The Kier molecular flexibility index (Phi) is 8.04. The van der Waals surface area contributed by atoms with Crippen molar-refractivity contribution in [1.29, 1.82) is 0 Å². The van der Waals surface area contributed by atoms with E-state index in [9.17, 15) is 4.79 Å². The van der Waals surface area contributed by atoms with Crippen molar-refractivity contribution in [2.24, 2.45) is 0 Å². The van der Waals surface area contributed by atoms with Crippen LogP contribution >= 0.6 is 0 Å². The van der Waals surface area contributed by atoms with Gasteiger partial charge in [-0.25, -0.2) is 4.79 Å². The standard InChI is InChI=1S/C16H24O5Si/c1-14(2)16(17)20-11-8-12-22(18-3,19-4)21-13-15-9-6-5-7-10-15/h5-7,9-10H,1,8,11-13H2,2-4H3. The fourth-order valence-corrected chi connectivity index (χ4v) is 3.74. The molecule has 0 N–H and O–H groups in total. The molecule has 122 valence electrons. The molecule has 5 nitrogen and oxygen atoms in total. The highest BCUT2D eigenvalue weighted by Crippen LogP contribution is 2.18. The molecule has 1 rings (SSSR count). The van der Waals surface area contributed by atoms with Crippen LogP contribution in [0.3, 0.4) is 0 Å². The maximum absolute atomic E-state index is 11.3. The van der Waals surface area contributed by atoms with Gasteiger partial charge in [0.15, 0.2) is 0 Å². The van der Waals surface area contributed by atoms with Gasteiger partial charge in [0.2, 0.25) is 0 Å².